The van der Waals surface area contributed by atoms with Crippen LogP contribution in [0.3, 0.4) is 0 Å². The second kappa shape index (κ2) is 12.6. The van der Waals surface area contributed by atoms with Gasteiger partial charge in [0.15, 0.2) is 0 Å². The monoisotopic (exact) mass is 442 g/mol. The molecule has 0 aliphatic heterocycles. The molecule has 2 amide bonds. The van der Waals surface area contributed by atoms with E-state index in [1.807, 2.05) is 105 Å². The van der Waals surface area contributed by atoms with Gasteiger partial charge in [0.05, 0.1) is 0 Å². The molecule has 0 bridgehead atoms. The number of carbonyl (C=O) groups is 2. The Hall–Kier alpha value is -3.40. The van der Waals surface area contributed by atoms with Crippen molar-refractivity contribution in [1.82, 2.24) is 10.2 Å². The van der Waals surface area contributed by atoms with Crippen LogP contribution in [-0.4, -0.2) is 28.8 Å². The van der Waals surface area contributed by atoms with Crippen LogP contribution in [0.4, 0.5) is 0 Å². The topological polar surface area (TPSA) is 49.4 Å². The summed E-state index contributed by atoms with van der Waals surface area (Å²) in [6.07, 6.45) is 2.33. The molecule has 2 atom stereocenters. The predicted octanol–water partition coefficient (Wildman–Crippen LogP) is 5.17. The number of benzene rings is 3. The van der Waals surface area contributed by atoms with Gasteiger partial charge in [-0.15, -0.1) is 0 Å². The highest BCUT2D eigenvalue weighted by molar-refractivity contribution is 5.88. The second-order valence-electron chi connectivity index (χ2n) is 8.52. The molecule has 0 radical (unpaired) electrons. The normalized spacial score (nSPS) is 12.5. The largest absolute Gasteiger partial charge is 0.352 e. The molecule has 0 aliphatic carbocycles. The van der Waals surface area contributed by atoms with Crippen LogP contribution in [0.15, 0.2) is 91.0 Å². The van der Waals surface area contributed by atoms with Crippen LogP contribution in [0.2, 0.25) is 0 Å². The van der Waals surface area contributed by atoms with E-state index >= 15 is 0 Å². The minimum atomic E-state index is -0.579. The van der Waals surface area contributed by atoms with Gasteiger partial charge in [0, 0.05) is 25.4 Å². The number of carbonyl (C=O) groups excluding carboxylic acids is 2. The van der Waals surface area contributed by atoms with Crippen molar-refractivity contribution >= 4 is 11.8 Å². The van der Waals surface area contributed by atoms with Crippen LogP contribution < -0.4 is 5.32 Å². The van der Waals surface area contributed by atoms with Gasteiger partial charge in [0.25, 0.3) is 0 Å². The van der Waals surface area contributed by atoms with Crippen LogP contribution in [0, 0.1) is 0 Å². The number of hydrogen-bond acceptors (Lipinski definition) is 2. The van der Waals surface area contributed by atoms with E-state index in [1.54, 1.807) is 4.90 Å². The number of hydrogen-bond donors (Lipinski definition) is 1. The molecule has 0 aliphatic rings. The van der Waals surface area contributed by atoms with Gasteiger partial charge in [-0.1, -0.05) is 97.9 Å². The maximum atomic E-state index is 13.6. The Morgan fingerprint density at radius 1 is 0.788 bits per heavy atom. The zero-order valence-corrected chi connectivity index (χ0v) is 19.6. The smallest absolute Gasteiger partial charge is 0.243 e. The molecule has 0 fully saturated rings. The van der Waals surface area contributed by atoms with E-state index < -0.39 is 6.04 Å². The Morgan fingerprint density at radius 3 is 1.85 bits per heavy atom. The summed E-state index contributed by atoms with van der Waals surface area (Å²) in [7, 11) is 0. The average Bonchev–Trinajstić information content (AvgIpc) is 2.86. The molecule has 1 N–H and O–H groups in total. The molecular weight excluding hydrogens is 408 g/mol. The zero-order chi connectivity index (χ0) is 23.5. The molecule has 3 rings (SSSR count). The SMILES string of the molecule is CC[C@H](C)NC(=O)[C@@H](Cc1ccccc1)N(Cc1ccccc1)C(=O)CCc1ccccc1. The molecular formula is C29H34N2O2. The van der Waals surface area contributed by atoms with Gasteiger partial charge in [0.2, 0.25) is 11.8 Å². The van der Waals surface area contributed by atoms with Crippen LogP contribution >= 0.6 is 0 Å². The van der Waals surface area contributed by atoms with Crippen LogP contribution in [0.25, 0.3) is 0 Å². The van der Waals surface area contributed by atoms with Crippen LogP contribution in [0.1, 0.15) is 43.4 Å². The first-order valence-corrected chi connectivity index (χ1v) is 11.8. The lowest BCUT2D eigenvalue weighted by molar-refractivity contribution is -0.141. The molecule has 172 valence electrons. The molecule has 4 heteroatoms. The van der Waals surface area contributed by atoms with Crippen molar-refractivity contribution in [3.63, 3.8) is 0 Å². The van der Waals surface area contributed by atoms with Gasteiger partial charge in [-0.05, 0) is 36.5 Å². The Kier molecular flexibility index (Phi) is 9.25. The van der Waals surface area contributed by atoms with Crippen molar-refractivity contribution in [2.24, 2.45) is 0 Å². The Balaban J connectivity index is 1.88. The molecule has 0 spiro atoms. The Morgan fingerprint density at radius 2 is 1.30 bits per heavy atom. The van der Waals surface area contributed by atoms with E-state index in [0.717, 1.165) is 23.1 Å². The highest BCUT2D eigenvalue weighted by Gasteiger charge is 2.30. The third kappa shape index (κ3) is 7.60. The van der Waals surface area contributed by atoms with Gasteiger partial charge < -0.3 is 10.2 Å². The minimum absolute atomic E-state index is 0.0112. The Bertz CT molecular complexity index is 990. The van der Waals surface area contributed by atoms with Crippen LogP contribution in [-0.2, 0) is 29.0 Å². The fourth-order valence-corrected chi connectivity index (χ4v) is 3.81. The standard InChI is InChI=1S/C29H34N2O2/c1-3-23(2)30-29(33)27(21-25-15-9-5-10-16-25)31(22-26-17-11-6-12-18-26)28(32)20-19-24-13-7-4-8-14-24/h4-18,23,27H,3,19-22H2,1-2H3,(H,30,33)/t23-,27+/m0/s1. The van der Waals surface area contributed by atoms with E-state index in [9.17, 15) is 9.59 Å². The van der Waals surface area contributed by atoms with Crippen molar-refractivity contribution < 1.29 is 9.59 Å². The van der Waals surface area contributed by atoms with Gasteiger partial charge >= 0.3 is 0 Å². The summed E-state index contributed by atoms with van der Waals surface area (Å²) in [5.74, 6) is -0.111. The molecule has 0 saturated carbocycles. The molecule has 3 aromatic rings. The molecule has 0 aromatic heterocycles. The van der Waals surface area contributed by atoms with Gasteiger partial charge in [-0.3, -0.25) is 9.59 Å². The first-order valence-electron chi connectivity index (χ1n) is 11.8. The second-order valence-corrected chi connectivity index (χ2v) is 8.52. The van der Waals surface area contributed by atoms with Gasteiger partial charge in [-0.2, -0.15) is 0 Å². The van der Waals surface area contributed by atoms with E-state index in [2.05, 4.69) is 5.32 Å². The first kappa shape index (κ1) is 24.2. The third-order valence-corrected chi connectivity index (χ3v) is 5.94. The highest BCUT2D eigenvalue weighted by atomic mass is 16.2. The molecule has 33 heavy (non-hydrogen) atoms. The van der Waals surface area contributed by atoms with E-state index in [0.29, 0.717) is 25.8 Å². The van der Waals surface area contributed by atoms with Crippen molar-refractivity contribution in [2.45, 2.75) is 58.2 Å². The maximum Gasteiger partial charge on any atom is 0.243 e. The predicted molar refractivity (Wildman–Crippen MR) is 134 cm³/mol. The van der Waals surface area contributed by atoms with Crippen molar-refractivity contribution in [3.05, 3.63) is 108 Å². The molecule has 0 unspecified atom stereocenters. The van der Waals surface area contributed by atoms with E-state index in [-0.39, 0.29) is 17.9 Å². The summed E-state index contributed by atoms with van der Waals surface area (Å²) in [6.45, 7) is 4.44. The van der Waals surface area contributed by atoms with Gasteiger partial charge in [-0.25, -0.2) is 0 Å². The van der Waals surface area contributed by atoms with E-state index in [1.165, 1.54) is 0 Å². The fourth-order valence-electron chi connectivity index (χ4n) is 3.81. The number of nitrogens with one attached hydrogen (secondary N) is 1. The fraction of sp³-hybridized carbons (Fsp3) is 0.310. The summed E-state index contributed by atoms with van der Waals surface area (Å²) in [4.78, 5) is 28.7. The molecule has 0 saturated heterocycles. The Labute approximate surface area is 197 Å². The molecule has 4 nitrogen and oxygen atoms in total. The van der Waals surface area contributed by atoms with Crippen molar-refractivity contribution in [1.29, 1.82) is 0 Å². The minimum Gasteiger partial charge on any atom is -0.352 e. The summed E-state index contributed by atoms with van der Waals surface area (Å²) in [6, 6.07) is 29.3. The zero-order valence-electron chi connectivity index (χ0n) is 19.6. The lowest BCUT2D eigenvalue weighted by atomic mass is 10.0. The quantitative estimate of drug-likeness (QED) is 0.445. The van der Waals surface area contributed by atoms with Crippen molar-refractivity contribution in [3.8, 4) is 0 Å². The number of aryl methyl sites for hydroxylation is 1. The van der Waals surface area contributed by atoms with Crippen molar-refractivity contribution in [2.75, 3.05) is 0 Å². The van der Waals surface area contributed by atoms with Crippen LogP contribution in [0.5, 0.6) is 0 Å². The van der Waals surface area contributed by atoms with Gasteiger partial charge in [0.1, 0.15) is 6.04 Å². The number of rotatable bonds is 11. The first-order chi connectivity index (χ1) is 16.1. The average molecular weight is 443 g/mol. The lowest BCUT2D eigenvalue weighted by Crippen LogP contribution is -2.52. The summed E-state index contributed by atoms with van der Waals surface area (Å²) in [5, 5.41) is 3.11. The summed E-state index contributed by atoms with van der Waals surface area (Å²) < 4.78 is 0. The van der Waals surface area contributed by atoms with E-state index in [4.69, 9.17) is 0 Å². The molecule has 3 aromatic carbocycles. The lowest BCUT2D eigenvalue weighted by Gasteiger charge is -2.32. The highest BCUT2D eigenvalue weighted by Crippen LogP contribution is 2.17. The maximum absolute atomic E-state index is 13.6. The number of amides is 2. The molecule has 0 heterocycles. The third-order valence-electron chi connectivity index (χ3n) is 5.94. The number of nitrogens with zero attached hydrogens (tertiary/aromatic N) is 1. The summed E-state index contributed by atoms with van der Waals surface area (Å²) >= 11 is 0. The summed E-state index contributed by atoms with van der Waals surface area (Å²) in [5.41, 5.74) is 3.17.